The SMILES string of the molecule is Cc1cc(C(=O)O)c(C)c(C#N)c1C. The Labute approximate surface area is 82.6 Å². The first-order valence-electron chi connectivity index (χ1n) is 4.23. The molecule has 0 aliphatic carbocycles. The van der Waals surface area contributed by atoms with E-state index in [1.54, 1.807) is 13.0 Å². The predicted octanol–water partition coefficient (Wildman–Crippen LogP) is 2.18. The van der Waals surface area contributed by atoms with Gasteiger partial charge in [-0.3, -0.25) is 0 Å². The molecular formula is C11H11NO2. The highest BCUT2D eigenvalue weighted by molar-refractivity contribution is 5.90. The summed E-state index contributed by atoms with van der Waals surface area (Å²) in [4.78, 5) is 10.8. The van der Waals surface area contributed by atoms with E-state index in [2.05, 4.69) is 0 Å². The Balaban J connectivity index is 3.61. The summed E-state index contributed by atoms with van der Waals surface area (Å²) in [5.74, 6) is -0.984. The highest BCUT2D eigenvalue weighted by Gasteiger charge is 2.14. The van der Waals surface area contributed by atoms with Crippen LogP contribution >= 0.6 is 0 Å². The van der Waals surface area contributed by atoms with Crippen molar-refractivity contribution in [3.05, 3.63) is 33.9 Å². The summed E-state index contributed by atoms with van der Waals surface area (Å²) in [7, 11) is 0. The van der Waals surface area contributed by atoms with Crippen LogP contribution in [0.1, 0.15) is 32.6 Å². The van der Waals surface area contributed by atoms with Crippen LogP contribution in [0.2, 0.25) is 0 Å². The molecule has 1 aromatic rings. The molecule has 0 amide bonds. The van der Waals surface area contributed by atoms with Gasteiger partial charge in [0, 0.05) is 0 Å². The van der Waals surface area contributed by atoms with Crippen LogP contribution in [-0.2, 0) is 0 Å². The van der Waals surface area contributed by atoms with Crippen LogP contribution in [0.3, 0.4) is 0 Å². The normalized spacial score (nSPS) is 9.57. The van der Waals surface area contributed by atoms with Gasteiger partial charge in [0.15, 0.2) is 0 Å². The van der Waals surface area contributed by atoms with E-state index in [0.29, 0.717) is 11.1 Å². The highest BCUT2D eigenvalue weighted by Crippen LogP contribution is 2.21. The molecule has 1 rings (SSSR count). The summed E-state index contributed by atoms with van der Waals surface area (Å²) >= 11 is 0. The minimum absolute atomic E-state index is 0.213. The van der Waals surface area contributed by atoms with Crippen LogP contribution in [0.5, 0.6) is 0 Å². The first kappa shape index (κ1) is 10.3. The van der Waals surface area contributed by atoms with Gasteiger partial charge >= 0.3 is 5.97 Å². The average Bonchev–Trinajstić information content (AvgIpc) is 2.12. The Morgan fingerprint density at radius 2 is 1.93 bits per heavy atom. The van der Waals surface area contributed by atoms with Crippen molar-refractivity contribution in [2.75, 3.05) is 0 Å². The van der Waals surface area contributed by atoms with E-state index in [1.807, 2.05) is 19.9 Å². The van der Waals surface area contributed by atoms with Gasteiger partial charge in [-0.05, 0) is 43.5 Å². The lowest BCUT2D eigenvalue weighted by atomic mass is 9.94. The van der Waals surface area contributed by atoms with Gasteiger partial charge in [-0.25, -0.2) is 4.79 Å². The lowest BCUT2D eigenvalue weighted by Gasteiger charge is -2.09. The molecular weight excluding hydrogens is 178 g/mol. The van der Waals surface area contributed by atoms with E-state index in [9.17, 15) is 4.79 Å². The molecule has 0 unspecified atom stereocenters. The van der Waals surface area contributed by atoms with E-state index in [0.717, 1.165) is 11.1 Å². The number of carboxylic acids is 1. The molecule has 0 radical (unpaired) electrons. The summed E-state index contributed by atoms with van der Waals surface area (Å²) in [6, 6.07) is 3.64. The second kappa shape index (κ2) is 3.51. The maximum absolute atomic E-state index is 10.8. The Morgan fingerprint density at radius 1 is 1.36 bits per heavy atom. The van der Waals surface area contributed by atoms with Gasteiger partial charge in [-0.1, -0.05) is 0 Å². The predicted molar refractivity (Wildman–Crippen MR) is 52.3 cm³/mol. The van der Waals surface area contributed by atoms with Crippen molar-refractivity contribution < 1.29 is 9.90 Å². The van der Waals surface area contributed by atoms with E-state index in [-0.39, 0.29) is 5.56 Å². The van der Waals surface area contributed by atoms with E-state index < -0.39 is 5.97 Å². The van der Waals surface area contributed by atoms with Gasteiger partial charge in [0.25, 0.3) is 0 Å². The van der Waals surface area contributed by atoms with Gasteiger partial charge in [0.2, 0.25) is 0 Å². The topological polar surface area (TPSA) is 61.1 Å². The molecule has 0 aromatic heterocycles. The molecule has 0 aliphatic heterocycles. The molecule has 0 saturated carbocycles. The largest absolute Gasteiger partial charge is 0.478 e. The van der Waals surface area contributed by atoms with Crippen LogP contribution in [0.15, 0.2) is 6.07 Å². The van der Waals surface area contributed by atoms with E-state index in [1.165, 1.54) is 0 Å². The first-order chi connectivity index (χ1) is 6.49. The van der Waals surface area contributed by atoms with Gasteiger partial charge in [-0.2, -0.15) is 5.26 Å². The number of rotatable bonds is 1. The van der Waals surface area contributed by atoms with Gasteiger partial charge in [0.1, 0.15) is 0 Å². The molecule has 0 fully saturated rings. The number of nitriles is 1. The Morgan fingerprint density at radius 3 is 2.36 bits per heavy atom. The Kier molecular flexibility index (Phi) is 2.57. The second-order valence-electron chi connectivity index (χ2n) is 3.28. The van der Waals surface area contributed by atoms with E-state index in [4.69, 9.17) is 10.4 Å². The third-order valence-electron chi connectivity index (χ3n) is 2.45. The van der Waals surface area contributed by atoms with Crippen molar-refractivity contribution in [2.45, 2.75) is 20.8 Å². The molecule has 14 heavy (non-hydrogen) atoms. The number of carboxylic acid groups (broad SMARTS) is 1. The van der Waals surface area contributed by atoms with Crippen LogP contribution in [0.4, 0.5) is 0 Å². The zero-order chi connectivity index (χ0) is 10.9. The lowest BCUT2D eigenvalue weighted by molar-refractivity contribution is 0.0696. The minimum Gasteiger partial charge on any atom is -0.478 e. The fourth-order valence-corrected chi connectivity index (χ4v) is 1.44. The smallest absolute Gasteiger partial charge is 0.336 e. The highest BCUT2D eigenvalue weighted by atomic mass is 16.4. The molecule has 0 spiro atoms. The van der Waals surface area contributed by atoms with Gasteiger partial charge < -0.3 is 5.11 Å². The van der Waals surface area contributed by atoms with Crippen LogP contribution in [0, 0.1) is 32.1 Å². The molecule has 0 aliphatic rings. The molecule has 1 N–H and O–H groups in total. The van der Waals surface area contributed by atoms with Crippen molar-refractivity contribution in [3.8, 4) is 6.07 Å². The number of hydrogen-bond donors (Lipinski definition) is 1. The minimum atomic E-state index is -0.984. The summed E-state index contributed by atoms with van der Waals surface area (Å²) in [6.07, 6.45) is 0. The summed E-state index contributed by atoms with van der Waals surface area (Å²) < 4.78 is 0. The molecule has 3 nitrogen and oxygen atoms in total. The molecule has 0 bridgehead atoms. The van der Waals surface area contributed by atoms with Crippen molar-refractivity contribution in [1.82, 2.24) is 0 Å². The number of carbonyl (C=O) groups is 1. The Hall–Kier alpha value is -1.82. The Bertz CT molecular complexity index is 442. The molecule has 0 saturated heterocycles. The zero-order valence-corrected chi connectivity index (χ0v) is 8.38. The third-order valence-corrected chi connectivity index (χ3v) is 2.45. The third kappa shape index (κ3) is 1.47. The molecule has 1 aromatic carbocycles. The maximum atomic E-state index is 10.8. The summed E-state index contributed by atoms with van der Waals surface area (Å²) in [6.45, 7) is 5.29. The first-order valence-corrected chi connectivity index (χ1v) is 4.23. The molecule has 0 heterocycles. The van der Waals surface area contributed by atoms with Crippen molar-refractivity contribution >= 4 is 5.97 Å². The lowest BCUT2D eigenvalue weighted by Crippen LogP contribution is -2.04. The van der Waals surface area contributed by atoms with Gasteiger partial charge in [0.05, 0.1) is 17.2 Å². The fourth-order valence-electron chi connectivity index (χ4n) is 1.44. The van der Waals surface area contributed by atoms with Crippen LogP contribution in [-0.4, -0.2) is 11.1 Å². The van der Waals surface area contributed by atoms with Crippen molar-refractivity contribution in [3.63, 3.8) is 0 Å². The van der Waals surface area contributed by atoms with Crippen molar-refractivity contribution in [1.29, 1.82) is 5.26 Å². The quantitative estimate of drug-likeness (QED) is 0.736. The maximum Gasteiger partial charge on any atom is 0.336 e. The number of benzene rings is 1. The molecule has 72 valence electrons. The van der Waals surface area contributed by atoms with Crippen molar-refractivity contribution in [2.24, 2.45) is 0 Å². The standard InChI is InChI=1S/C11H11NO2/c1-6-4-9(11(13)14)8(3)10(5-12)7(6)2/h4H,1-3H3,(H,13,14). The zero-order valence-electron chi connectivity index (χ0n) is 8.38. The average molecular weight is 189 g/mol. The second-order valence-corrected chi connectivity index (χ2v) is 3.28. The van der Waals surface area contributed by atoms with Gasteiger partial charge in [-0.15, -0.1) is 0 Å². The van der Waals surface area contributed by atoms with Crippen LogP contribution < -0.4 is 0 Å². The molecule has 0 atom stereocenters. The number of hydrogen-bond acceptors (Lipinski definition) is 2. The number of nitrogens with zero attached hydrogens (tertiary/aromatic N) is 1. The van der Waals surface area contributed by atoms with Crippen LogP contribution in [0.25, 0.3) is 0 Å². The summed E-state index contributed by atoms with van der Waals surface area (Å²) in [5.41, 5.74) is 2.93. The number of aromatic carboxylic acids is 1. The summed E-state index contributed by atoms with van der Waals surface area (Å²) in [5, 5.41) is 17.8. The molecule has 3 heteroatoms. The fraction of sp³-hybridized carbons (Fsp3) is 0.273. The number of aryl methyl sites for hydroxylation is 1. The van der Waals surface area contributed by atoms with E-state index >= 15 is 0 Å². The monoisotopic (exact) mass is 189 g/mol.